The second-order valence-electron chi connectivity index (χ2n) is 5.26. The maximum Gasteiger partial charge on any atom is 0.343 e. The van der Waals surface area contributed by atoms with E-state index >= 15 is 0 Å². The fourth-order valence-corrected chi connectivity index (χ4v) is 2.23. The third-order valence-corrected chi connectivity index (χ3v) is 3.56. The minimum atomic E-state index is -0.504. The molecule has 27 heavy (non-hydrogen) atoms. The Labute approximate surface area is 159 Å². The highest BCUT2D eigenvalue weighted by Crippen LogP contribution is 2.16. The SMILES string of the molecule is O=C(Oc1ccc(C=NNC(=O)c2cnccn2)cc1)c1cccc(Cl)c1. The number of esters is 1. The van der Waals surface area contributed by atoms with Gasteiger partial charge in [0.25, 0.3) is 5.91 Å². The van der Waals surface area contributed by atoms with Gasteiger partial charge in [-0.3, -0.25) is 9.78 Å². The van der Waals surface area contributed by atoms with Crippen LogP contribution in [0.4, 0.5) is 0 Å². The topological polar surface area (TPSA) is 93.5 Å². The molecule has 7 nitrogen and oxygen atoms in total. The Morgan fingerprint density at radius 2 is 1.93 bits per heavy atom. The molecule has 1 aromatic heterocycles. The molecule has 0 saturated carbocycles. The van der Waals surface area contributed by atoms with Gasteiger partial charge >= 0.3 is 5.97 Å². The van der Waals surface area contributed by atoms with Crippen molar-refractivity contribution in [3.8, 4) is 5.75 Å². The van der Waals surface area contributed by atoms with Crippen LogP contribution in [-0.2, 0) is 0 Å². The van der Waals surface area contributed by atoms with E-state index in [0.717, 1.165) is 0 Å². The quantitative estimate of drug-likeness (QED) is 0.317. The van der Waals surface area contributed by atoms with Crippen LogP contribution < -0.4 is 10.2 Å². The van der Waals surface area contributed by atoms with Gasteiger partial charge in [0.05, 0.1) is 18.0 Å². The summed E-state index contributed by atoms with van der Waals surface area (Å²) in [5.74, 6) is -0.595. The van der Waals surface area contributed by atoms with Gasteiger partial charge in [0.15, 0.2) is 0 Å². The summed E-state index contributed by atoms with van der Waals surface area (Å²) in [6, 6.07) is 13.1. The van der Waals surface area contributed by atoms with Gasteiger partial charge in [-0.15, -0.1) is 0 Å². The van der Waals surface area contributed by atoms with Crippen LogP contribution in [0.25, 0.3) is 0 Å². The second kappa shape index (κ2) is 8.68. The molecule has 134 valence electrons. The van der Waals surface area contributed by atoms with Crippen molar-refractivity contribution in [3.63, 3.8) is 0 Å². The van der Waals surface area contributed by atoms with Crippen molar-refractivity contribution < 1.29 is 14.3 Å². The molecule has 8 heteroatoms. The molecule has 0 unspecified atom stereocenters. The first-order valence-corrected chi connectivity index (χ1v) is 8.17. The van der Waals surface area contributed by atoms with E-state index in [4.69, 9.17) is 16.3 Å². The molecule has 1 amide bonds. The van der Waals surface area contributed by atoms with Gasteiger partial charge < -0.3 is 4.74 Å². The zero-order valence-corrected chi connectivity index (χ0v) is 14.6. The number of hydrazone groups is 1. The zero-order valence-electron chi connectivity index (χ0n) is 13.9. The summed E-state index contributed by atoms with van der Waals surface area (Å²) in [6.45, 7) is 0. The van der Waals surface area contributed by atoms with Gasteiger partial charge in [-0.25, -0.2) is 15.2 Å². The average Bonchev–Trinajstić information content (AvgIpc) is 2.70. The van der Waals surface area contributed by atoms with Gasteiger partial charge in [0.1, 0.15) is 11.4 Å². The Hall–Kier alpha value is -3.58. The lowest BCUT2D eigenvalue weighted by Crippen LogP contribution is -2.19. The predicted molar refractivity (Wildman–Crippen MR) is 99.9 cm³/mol. The van der Waals surface area contributed by atoms with E-state index in [1.54, 1.807) is 42.5 Å². The first kappa shape index (κ1) is 18.2. The third-order valence-electron chi connectivity index (χ3n) is 3.33. The first-order chi connectivity index (χ1) is 13.1. The molecule has 1 heterocycles. The molecule has 3 aromatic rings. The summed E-state index contributed by atoms with van der Waals surface area (Å²) < 4.78 is 5.28. The van der Waals surface area contributed by atoms with Crippen molar-refractivity contribution in [3.05, 3.63) is 89.0 Å². The van der Waals surface area contributed by atoms with Crippen LogP contribution >= 0.6 is 11.6 Å². The van der Waals surface area contributed by atoms with Crippen molar-refractivity contribution in [1.82, 2.24) is 15.4 Å². The van der Waals surface area contributed by atoms with Crippen LogP contribution in [0, 0.1) is 0 Å². The van der Waals surface area contributed by atoms with Gasteiger partial charge in [-0.2, -0.15) is 5.10 Å². The molecule has 0 atom stereocenters. The normalized spacial score (nSPS) is 10.6. The Balaban J connectivity index is 1.57. The van der Waals surface area contributed by atoms with Crippen LogP contribution in [0.1, 0.15) is 26.4 Å². The van der Waals surface area contributed by atoms with Crippen LogP contribution in [-0.4, -0.2) is 28.1 Å². The third kappa shape index (κ3) is 5.20. The number of amides is 1. The van der Waals surface area contributed by atoms with Crippen LogP contribution in [0.15, 0.2) is 72.2 Å². The number of halogens is 1. The molecule has 0 aliphatic carbocycles. The average molecular weight is 381 g/mol. The molecule has 0 aliphatic heterocycles. The maximum absolute atomic E-state index is 12.1. The Morgan fingerprint density at radius 3 is 2.63 bits per heavy atom. The van der Waals surface area contributed by atoms with E-state index in [-0.39, 0.29) is 5.69 Å². The molecule has 1 N–H and O–H groups in total. The molecule has 0 radical (unpaired) electrons. The molecule has 0 bridgehead atoms. The number of hydrogen-bond donors (Lipinski definition) is 1. The number of carbonyl (C=O) groups is 2. The van der Waals surface area contributed by atoms with E-state index in [1.807, 2.05) is 0 Å². The van der Waals surface area contributed by atoms with Crippen molar-refractivity contribution in [2.45, 2.75) is 0 Å². The highest BCUT2D eigenvalue weighted by atomic mass is 35.5. The zero-order chi connectivity index (χ0) is 19.1. The number of aromatic nitrogens is 2. The molecule has 0 spiro atoms. The molecule has 0 saturated heterocycles. The molecule has 0 aliphatic rings. The number of carbonyl (C=O) groups excluding carboxylic acids is 2. The monoisotopic (exact) mass is 380 g/mol. The maximum atomic E-state index is 12.1. The molecule has 3 rings (SSSR count). The smallest absolute Gasteiger partial charge is 0.343 e. The van der Waals surface area contributed by atoms with Crippen LogP contribution in [0.5, 0.6) is 5.75 Å². The van der Waals surface area contributed by atoms with Gasteiger partial charge in [-0.05, 0) is 48.0 Å². The fourth-order valence-electron chi connectivity index (χ4n) is 2.04. The number of rotatable bonds is 5. The molecular weight excluding hydrogens is 368 g/mol. The lowest BCUT2D eigenvalue weighted by Gasteiger charge is -2.05. The van der Waals surface area contributed by atoms with Gasteiger partial charge in [0.2, 0.25) is 0 Å². The van der Waals surface area contributed by atoms with Gasteiger partial charge in [0, 0.05) is 17.4 Å². The molecule has 2 aromatic carbocycles. The highest BCUT2D eigenvalue weighted by molar-refractivity contribution is 6.30. The lowest BCUT2D eigenvalue weighted by molar-refractivity contribution is 0.0734. The summed E-state index contributed by atoms with van der Waals surface area (Å²) in [6.07, 6.45) is 5.69. The van der Waals surface area contributed by atoms with Crippen molar-refractivity contribution in [2.24, 2.45) is 5.10 Å². The number of nitrogens with one attached hydrogen (secondary N) is 1. The summed E-state index contributed by atoms with van der Waals surface area (Å²) in [5, 5.41) is 4.31. The minimum Gasteiger partial charge on any atom is -0.423 e. The number of ether oxygens (including phenoxy) is 1. The van der Waals surface area contributed by atoms with Crippen molar-refractivity contribution in [1.29, 1.82) is 0 Å². The highest BCUT2D eigenvalue weighted by Gasteiger charge is 2.09. The number of nitrogens with zero attached hydrogens (tertiary/aromatic N) is 3. The lowest BCUT2D eigenvalue weighted by atomic mass is 10.2. The summed E-state index contributed by atoms with van der Waals surface area (Å²) in [5.41, 5.74) is 3.58. The molecular formula is C19H13ClN4O3. The molecule has 0 fully saturated rings. The Bertz CT molecular complexity index is 976. The summed E-state index contributed by atoms with van der Waals surface area (Å²) in [7, 11) is 0. The second-order valence-corrected chi connectivity index (χ2v) is 5.70. The predicted octanol–water partition coefficient (Wildman–Crippen LogP) is 3.11. The van der Waals surface area contributed by atoms with Crippen LogP contribution in [0.3, 0.4) is 0 Å². The summed E-state index contributed by atoms with van der Waals surface area (Å²) in [4.78, 5) is 31.5. The fraction of sp³-hybridized carbons (Fsp3) is 0. The number of benzene rings is 2. The van der Waals surface area contributed by atoms with E-state index in [2.05, 4.69) is 20.5 Å². The standard InChI is InChI=1S/C19H13ClN4O3/c20-15-3-1-2-14(10-15)19(26)27-16-6-4-13(5-7-16)11-23-24-18(25)17-12-21-8-9-22-17/h1-12H,(H,24,25). The minimum absolute atomic E-state index is 0.165. The van der Waals surface area contributed by atoms with E-state index < -0.39 is 11.9 Å². The first-order valence-electron chi connectivity index (χ1n) is 7.79. The van der Waals surface area contributed by atoms with Gasteiger partial charge in [-0.1, -0.05) is 17.7 Å². The van der Waals surface area contributed by atoms with Crippen molar-refractivity contribution in [2.75, 3.05) is 0 Å². The number of hydrogen-bond acceptors (Lipinski definition) is 6. The summed E-state index contributed by atoms with van der Waals surface area (Å²) >= 11 is 5.86. The van der Waals surface area contributed by atoms with E-state index in [9.17, 15) is 9.59 Å². The van der Waals surface area contributed by atoms with Crippen molar-refractivity contribution >= 4 is 29.7 Å². The largest absolute Gasteiger partial charge is 0.423 e. The van der Waals surface area contributed by atoms with E-state index in [1.165, 1.54) is 30.9 Å². The Kier molecular flexibility index (Phi) is 5.86. The van der Waals surface area contributed by atoms with Crippen LogP contribution in [0.2, 0.25) is 5.02 Å². The Morgan fingerprint density at radius 1 is 1.11 bits per heavy atom. The van der Waals surface area contributed by atoms with E-state index in [0.29, 0.717) is 21.9 Å².